The van der Waals surface area contributed by atoms with E-state index in [4.69, 9.17) is 0 Å². The van der Waals surface area contributed by atoms with Crippen molar-refractivity contribution in [2.24, 2.45) is 0 Å². The quantitative estimate of drug-likeness (QED) is 0.524. The molecule has 2 aromatic carbocycles. The van der Waals surface area contributed by atoms with Crippen LogP contribution in [0.1, 0.15) is 23.6 Å². The van der Waals surface area contributed by atoms with E-state index in [2.05, 4.69) is 44.3 Å². The number of nitrogens with one attached hydrogen (secondary N) is 1. The summed E-state index contributed by atoms with van der Waals surface area (Å²) < 4.78 is 0. The Morgan fingerprint density at radius 3 is 2.49 bits per heavy atom. The first-order chi connectivity index (χ1) is 18.9. The van der Waals surface area contributed by atoms with Gasteiger partial charge in [-0.2, -0.15) is 4.98 Å². The summed E-state index contributed by atoms with van der Waals surface area (Å²) in [5.41, 5.74) is 4.36. The first-order valence-electron chi connectivity index (χ1n) is 13.2. The van der Waals surface area contributed by atoms with Crippen LogP contribution in [-0.2, 0) is 6.54 Å². The van der Waals surface area contributed by atoms with E-state index in [-0.39, 0.29) is 12.1 Å². The standard InChI is InChI=1S/C28H32N8O3/c1-32-13-15-34(16-14-32)21-9-7-20(8-10-21)30-26-29-17-19-18-36(27(37)33(2)25(19)31-26)24-11-12-35(28(38)39)23-6-4-3-5-22(23)24/h3-10,17,24H,11-16,18H2,1-2H3,(H,38,39)(H,29,30,31)/t24-/m1/s1. The summed E-state index contributed by atoms with van der Waals surface area (Å²) in [5, 5.41) is 12.9. The molecule has 3 aliphatic rings. The number of nitrogens with zero attached hydrogens (tertiary/aromatic N) is 7. The Morgan fingerprint density at radius 2 is 1.74 bits per heavy atom. The monoisotopic (exact) mass is 528 g/mol. The fourth-order valence-electron chi connectivity index (χ4n) is 5.65. The van der Waals surface area contributed by atoms with Crippen LogP contribution in [-0.4, -0.2) is 83.8 Å². The minimum absolute atomic E-state index is 0.174. The summed E-state index contributed by atoms with van der Waals surface area (Å²) in [7, 11) is 3.86. The highest BCUT2D eigenvalue weighted by atomic mass is 16.4. The lowest BCUT2D eigenvalue weighted by Crippen LogP contribution is -2.49. The average Bonchev–Trinajstić information content (AvgIpc) is 2.95. The summed E-state index contributed by atoms with van der Waals surface area (Å²) in [6.45, 7) is 4.81. The zero-order valence-corrected chi connectivity index (χ0v) is 22.1. The van der Waals surface area contributed by atoms with Crippen molar-refractivity contribution in [3.05, 3.63) is 65.9 Å². The summed E-state index contributed by atoms with van der Waals surface area (Å²) >= 11 is 0. The molecule has 3 amide bonds. The van der Waals surface area contributed by atoms with Gasteiger partial charge in [0.05, 0.1) is 18.3 Å². The average molecular weight is 529 g/mol. The molecule has 0 aliphatic carbocycles. The summed E-state index contributed by atoms with van der Waals surface area (Å²) in [6, 6.07) is 15.2. The predicted molar refractivity (Wildman–Crippen MR) is 150 cm³/mol. The molecule has 202 valence electrons. The van der Waals surface area contributed by atoms with Gasteiger partial charge in [-0.1, -0.05) is 18.2 Å². The van der Waals surface area contributed by atoms with Gasteiger partial charge >= 0.3 is 12.1 Å². The molecule has 1 saturated heterocycles. The molecule has 39 heavy (non-hydrogen) atoms. The minimum atomic E-state index is -0.990. The highest BCUT2D eigenvalue weighted by Crippen LogP contribution is 2.41. The molecule has 1 atom stereocenters. The van der Waals surface area contributed by atoms with Crippen LogP contribution < -0.4 is 20.0 Å². The third-order valence-electron chi connectivity index (χ3n) is 7.84. The predicted octanol–water partition coefficient (Wildman–Crippen LogP) is 3.97. The molecule has 0 unspecified atom stereocenters. The van der Waals surface area contributed by atoms with Crippen LogP contribution in [0, 0.1) is 0 Å². The SMILES string of the molecule is CN1CCN(c2ccc(Nc3ncc4c(n3)N(C)C(=O)N([C@@H]3CCN(C(=O)O)c5ccccc53)C4)cc2)CC1. The van der Waals surface area contributed by atoms with Crippen molar-refractivity contribution in [2.75, 3.05) is 66.8 Å². The van der Waals surface area contributed by atoms with Crippen molar-refractivity contribution in [1.82, 2.24) is 19.8 Å². The molecular formula is C28H32N8O3. The fraction of sp³-hybridized carbons (Fsp3) is 0.357. The Hall–Kier alpha value is -4.38. The maximum Gasteiger partial charge on any atom is 0.411 e. The number of urea groups is 1. The molecule has 1 fully saturated rings. The maximum atomic E-state index is 13.5. The van der Waals surface area contributed by atoms with E-state index in [1.165, 1.54) is 10.6 Å². The summed E-state index contributed by atoms with van der Waals surface area (Å²) in [6.07, 6.45) is 1.29. The Kier molecular flexibility index (Phi) is 6.43. The van der Waals surface area contributed by atoms with Crippen molar-refractivity contribution in [3.63, 3.8) is 0 Å². The lowest BCUT2D eigenvalue weighted by atomic mass is 9.94. The van der Waals surface area contributed by atoms with E-state index in [0.29, 0.717) is 37.0 Å². The van der Waals surface area contributed by atoms with Gasteiger partial charge in [0, 0.05) is 62.9 Å². The molecule has 3 aromatic rings. The van der Waals surface area contributed by atoms with Gasteiger partial charge in [0.2, 0.25) is 5.95 Å². The van der Waals surface area contributed by atoms with Crippen molar-refractivity contribution >= 4 is 41.0 Å². The van der Waals surface area contributed by atoms with Crippen LogP contribution in [0.5, 0.6) is 0 Å². The van der Waals surface area contributed by atoms with Crippen LogP contribution >= 0.6 is 0 Å². The van der Waals surface area contributed by atoms with Gasteiger partial charge in [0.25, 0.3) is 0 Å². The molecule has 0 saturated carbocycles. The second-order valence-corrected chi connectivity index (χ2v) is 10.3. The van der Waals surface area contributed by atoms with Crippen LogP contribution in [0.15, 0.2) is 54.7 Å². The van der Waals surface area contributed by atoms with Gasteiger partial charge in [-0.3, -0.25) is 9.80 Å². The van der Waals surface area contributed by atoms with Crippen molar-refractivity contribution < 1.29 is 14.7 Å². The lowest BCUT2D eigenvalue weighted by molar-refractivity contribution is 0.166. The minimum Gasteiger partial charge on any atom is -0.465 e. The number of carboxylic acid groups (broad SMARTS) is 1. The Morgan fingerprint density at radius 1 is 1.00 bits per heavy atom. The van der Waals surface area contributed by atoms with E-state index >= 15 is 0 Å². The number of fused-ring (bicyclic) bond motifs is 2. The van der Waals surface area contributed by atoms with Gasteiger partial charge in [-0.05, 0) is 49.4 Å². The Balaban J connectivity index is 1.19. The van der Waals surface area contributed by atoms with Crippen molar-refractivity contribution in [2.45, 2.75) is 19.0 Å². The van der Waals surface area contributed by atoms with Gasteiger partial charge in [-0.15, -0.1) is 0 Å². The molecule has 4 heterocycles. The number of likely N-dealkylation sites (N-methyl/N-ethyl adjacent to an activating group) is 1. The van der Waals surface area contributed by atoms with E-state index in [9.17, 15) is 14.7 Å². The molecular weight excluding hydrogens is 496 g/mol. The number of amides is 3. The van der Waals surface area contributed by atoms with E-state index in [1.54, 1.807) is 29.1 Å². The number of para-hydroxylation sites is 1. The number of anilines is 5. The van der Waals surface area contributed by atoms with Crippen molar-refractivity contribution in [3.8, 4) is 0 Å². The van der Waals surface area contributed by atoms with Crippen molar-refractivity contribution in [1.29, 1.82) is 0 Å². The van der Waals surface area contributed by atoms with Gasteiger partial charge in [0.1, 0.15) is 5.82 Å². The molecule has 0 bridgehead atoms. The molecule has 11 nitrogen and oxygen atoms in total. The van der Waals surface area contributed by atoms with Gasteiger partial charge < -0.3 is 25.1 Å². The molecule has 6 rings (SSSR count). The summed E-state index contributed by atoms with van der Waals surface area (Å²) in [4.78, 5) is 43.9. The van der Waals surface area contributed by atoms with Gasteiger partial charge in [-0.25, -0.2) is 14.6 Å². The number of piperazine rings is 1. The zero-order valence-electron chi connectivity index (χ0n) is 22.1. The number of carbonyl (C=O) groups excluding carboxylic acids is 1. The van der Waals surface area contributed by atoms with Crippen LogP contribution in [0.3, 0.4) is 0 Å². The normalized spacial score (nSPS) is 19.5. The summed E-state index contributed by atoms with van der Waals surface area (Å²) in [5.74, 6) is 0.994. The van der Waals surface area contributed by atoms with Crippen LogP contribution in [0.4, 0.5) is 38.4 Å². The Bertz CT molecular complexity index is 1390. The molecule has 1 aromatic heterocycles. The third-order valence-corrected chi connectivity index (χ3v) is 7.84. The fourth-order valence-corrected chi connectivity index (χ4v) is 5.65. The number of hydrogen-bond donors (Lipinski definition) is 2. The van der Waals surface area contributed by atoms with E-state index < -0.39 is 6.09 Å². The number of rotatable bonds is 4. The highest BCUT2D eigenvalue weighted by molar-refractivity contribution is 5.94. The lowest BCUT2D eigenvalue weighted by Gasteiger charge is -2.42. The number of benzene rings is 2. The second kappa shape index (κ2) is 10.1. The number of aromatic nitrogens is 2. The maximum absolute atomic E-state index is 13.5. The largest absolute Gasteiger partial charge is 0.465 e. The Labute approximate surface area is 227 Å². The van der Waals surface area contributed by atoms with Crippen LogP contribution in [0.2, 0.25) is 0 Å². The van der Waals surface area contributed by atoms with E-state index in [1.807, 2.05) is 30.3 Å². The number of carbonyl (C=O) groups is 2. The highest BCUT2D eigenvalue weighted by Gasteiger charge is 2.38. The first kappa shape index (κ1) is 24.9. The molecule has 0 radical (unpaired) electrons. The molecule has 11 heteroatoms. The van der Waals surface area contributed by atoms with Gasteiger partial charge in [0.15, 0.2) is 0 Å². The third kappa shape index (κ3) is 4.69. The van der Waals surface area contributed by atoms with E-state index in [0.717, 1.165) is 43.0 Å². The molecule has 3 aliphatic heterocycles. The first-order valence-corrected chi connectivity index (χ1v) is 13.2. The number of hydrogen-bond acceptors (Lipinski definition) is 7. The molecule has 2 N–H and O–H groups in total. The van der Waals surface area contributed by atoms with Crippen LogP contribution in [0.25, 0.3) is 0 Å². The smallest absolute Gasteiger partial charge is 0.411 e. The molecule has 0 spiro atoms. The topological polar surface area (TPSA) is 108 Å². The second-order valence-electron chi connectivity index (χ2n) is 10.3. The zero-order chi connectivity index (χ0) is 27.1.